The summed E-state index contributed by atoms with van der Waals surface area (Å²) >= 11 is 5.90. The number of ether oxygens (including phenoxy) is 1. The van der Waals surface area contributed by atoms with Crippen LogP contribution in [0, 0.1) is 11.2 Å². The van der Waals surface area contributed by atoms with E-state index in [1.54, 1.807) is 4.68 Å². The number of rotatable bonds is 5. The average molecular weight is 511 g/mol. The SMILES string of the molecule is COC12CCC(CC(=O)N3CCn4nc(-c5ccc(F)c(Cl)c5)c(C(N)=O)c4C3)(CC1)C(F)(F)C2. The molecule has 7 nitrogen and oxygen atoms in total. The third kappa shape index (κ3) is 3.81. The number of hydrogen-bond acceptors (Lipinski definition) is 4. The molecule has 35 heavy (non-hydrogen) atoms. The van der Waals surface area contributed by atoms with Crippen molar-refractivity contribution in [2.75, 3.05) is 13.7 Å². The number of alkyl halides is 2. The Balaban J connectivity index is 1.40. The van der Waals surface area contributed by atoms with Gasteiger partial charge in [0.05, 0.1) is 35.0 Å². The summed E-state index contributed by atoms with van der Waals surface area (Å²) in [4.78, 5) is 27.1. The molecule has 1 aromatic carbocycles. The predicted molar refractivity (Wildman–Crippen MR) is 121 cm³/mol. The van der Waals surface area contributed by atoms with Crippen molar-refractivity contribution in [2.24, 2.45) is 11.1 Å². The Morgan fingerprint density at radius 1 is 1.20 bits per heavy atom. The van der Waals surface area contributed by atoms with Crippen molar-refractivity contribution in [3.8, 4) is 11.3 Å². The molecule has 0 atom stereocenters. The zero-order chi connectivity index (χ0) is 25.2. The summed E-state index contributed by atoms with van der Waals surface area (Å²) in [7, 11) is 1.47. The highest BCUT2D eigenvalue weighted by molar-refractivity contribution is 6.31. The molecule has 0 saturated heterocycles. The van der Waals surface area contributed by atoms with Gasteiger partial charge in [-0.15, -0.1) is 0 Å². The van der Waals surface area contributed by atoms with Crippen molar-refractivity contribution in [1.82, 2.24) is 14.7 Å². The van der Waals surface area contributed by atoms with Gasteiger partial charge in [-0.05, 0) is 43.9 Å². The molecule has 0 unspecified atom stereocenters. The van der Waals surface area contributed by atoms with E-state index < -0.39 is 28.7 Å². The monoisotopic (exact) mass is 510 g/mol. The first-order chi connectivity index (χ1) is 16.5. The van der Waals surface area contributed by atoms with E-state index >= 15 is 8.78 Å². The maximum Gasteiger partial charge on any atom is 0.256 e. The number of carbonyl (C=O) groups excluding carboxylic acids is 2. The smallest absolute Gasteiger partial charge is 0.256 e. The highest BCUT2D eigenvalue weighted by atomic mass is 35.5. The average Bonchev–Trinajstić information content (AvgIpc) is 3.20. The molecular formula is C24H26ClF3N4O3. The van der Waals surface area contributed by atoms with Gasteiger partial charge in [0.15, 0.2) is 0 Å². The highest BCUT2D eigenvalue weighted by Gasteiger charge is 2.65. The molecule has 2 heterocycles. The van der Waals surface area contributed by atoms with Crippen LogP contribution in [-0.4, -0.2) is 51.7 Å². The molecule has 3 aliphatic carbocycles. The number of nitrogens with zero attached hydrogens (tertiary/aromatic N) is 3. The molecule has 0 spiro atoms. The molecule has 2 N–H and O–H groups in total. The van der Waals surface area contributed by atoms with E-state index in [1.807, 2.05) is 0 Å². The lowest BCUT2D eigenvalue weighted by atomic mass is 9.55. The number of primary amides is 1. The van der Waals surface area contributed by atoms with E-state index in [4.69, 9.17) is 22.1 Å². The van der Waals surface area contributed by atoms with Crippen LogP contribution in [-0.2, 0) is 22.6 Å². The van der Waals surface area contributed by atoms with E-state index in [2.05, 4.69) is 5.10 Å². The van der Waals surface area contributed by atoms with Gasteiger partial charge in [-0.25, -0.2) is 13.2 Å². The first kappa shape index (κ1) is 24.1. The Hall–Kier alpha value is -2.59. The van der Waals surface area contributed by atoms with Crippen molar-refractivity contribution in [2.45, 2.75) is 63.1 Å². The molecule has 1 aliphatic heterocycles. The number of nitrogens with two attached hydrogens (primary N) is 1. The standard InChI is InChI=1S/C24H26ClF3N4O3/c1-35-23-6-4-22(5-7-23,24(27,28)13-23)11-18(33)31-8-9-32-17(12-31)19(21(29)34)20(30-32)14-2-3-16(26)15(25)10-14/h2-3,10H,4-9,11-13H2,1H3,(H2,29,34). The minimum Gasteiger partial charge on any atom is -0.378 e. The van der Waals surface area contributed by atoms with Crippen LogP contribution in [0.2, 0.25) is 5.02 Å². The lowest BCUT2D eigenvalue weighted by molar-refractivity contribution is -0.252. The normalized spacial score (nSPS) is 27.1. The zero-order valence-corrected chi connectivity index (χ0v) is 20.0. The topological polar surface area (TPSA) is 90.4 Å². The number of fused-ring (bicyclic) bond motifs is 4. The van der Waals surface area contributed by atoms with Crippen LogP contribution in [0.3, 0.4) is 0 Å². The molecule has 2 aromatic rings. The van der Waals surface area contributed by atoms with Gasteiger partial charge in [-0.2, -0.15) is 5.10 Å². The maximum atomic E-state index is 15.2. The summed E-state index contributed by atoms with van der Waals surface area (Å²) in [6.45, 7) is 0.550. The second-order valence-corrected chi connectivity index (χ2v) is 10.3. The third-order valence-electron chi connectivity index (χ3n) is 8.13. The first-order valence-electron chi connectivity index (χ1n) is 11.6. The van der Waals surface area contributed by atoms with Crippen molar-refractivity contribution in [3.63, 3.8) is 0 Å². The quantitative estimate of drug-likeness (QED) is 0.654. The summed E-state index contributed by atoms with van der Waals surface area (Å²) in [6, 6.07) is 3.97. The summed E-state index contributed by atoms with van der Waals surface area (Å²) in [5.74, 6) is -4.75. The Kier molecular flexibility index (Phi) is 5.67. The van der Waals surface area contributed by atoms with Gasteiger partial charge < -0.3 is 15.4 Å². The number of amides is 2. The van der Waals surface area contributed by atoms with Crippen LogP contribution in [0.5, 0.6) is 0 Å². The van der Waals surface area contributed by atoms with Crippen molar-refractivity contribution in [3.05, 3.63) is 40.3 Å². The summed E-state index contributed by atoms with van der Waals surface area (Å²) in [6.07, 6.45) is 0.843. The Morgan fingerprint density at radius 2 is 1.91 bits per heavy atom. The maximum absolute atomic E-state index is 15.2. The van der Waals surface area contributed by atoms with Gasteiger partial charge >= 0.3 is 0 Å². The van der Waals surface area contributed by atoms with Crippen molar-refractivity contribution < 1.29 is 27.5 Å². The molecule has 3 fully saturated rings. The van der Waals surface area contributed by atoms with Gasteiger partial charge in [0.25, 0.3) is 11.8 Å². The summed E-state index contributed by atoms with van der Waals surface area (Å²) < 4.78 is 51.1. The Labute approximate surface area is 205 Å². The fourth-order valence-corrected chi connectivity index (χ4v) is 6.12. The molecule has 4 aliphatic rings. The number of aromatic nitrogens is 2. The van der Waals surface area contributed by atoms with Gasteiger partial charge in [0, 0.05) is 37.5 Å². The predicted octanol–water partition coefficient (Wildman–Crippen LogP) is 4.16. The van der Waals surface area contributed by atoms with Crippen molar-refractivity contribution in [1.29, 1.82) is 0 Å². The Bertz CT molecular complexity index is 1210. The minimum absolute atomic E-state index is 0.0166. The van der Waals surface area contributed by atoms with E-state index in [9.17, 15) is 14.0 Å². The minimum atomic E-state index is -3.00. The molecular weight excluding hydrogens is 485 g/mol. The fourth-order valence-electron chi connectivity index (χ4n) is 5.94. The molecule has 11 heteroatoms. The van der Waals surface area contributed by atoms with Gasteiger partial charge in [-0.3, -0.25) is 14.3 Å². The van der Waals surface area contributed by atoms with E-state index in [1.165, 1.54) is 30.2 Å². The second kappa shape index (κ2) is 8.23. The second-order valence-electron chi connectivity index (χ2n) is 9.93. The van der Waals surface area contributed by atoms with Crippen LogP contribution >= 0.6 is 11.6 Å². The molecule has 2 amide bonds. The molecule has 188 valence electrons. The summed E-state index contributed by atoms with van der Waals surface area (Å²) in [5.41, 5.74) is 4.64. The van der Waals surface area contributed by atoms with Crippen LogP contribution in [0.4, 0.5) is 13.2 Å². The summed E-state index contributed by atoms with van der Waals surface area (Å²) in [5, 5.41) is 4.34. The fraction of sp³-hybridized carbons (Fsp3) is 0.542. The Morgan fingerprint density at radius 3 is 2.51 bits per heavy atom. The van der Waals surface area contributed by atoms with Gasteiger partial charge in [0.1, 0.15) is 11.5 Å². The third-order valence-corrected chi connectivity index (χ3v) is 8.42. The molecule has 0 radical (unpaired) electrons. The van der Waals surface area contributed by atoms with Crippen molar-refractivity contribution >= 4 is 23.4 Å². The number of benzene rings is 1. The zero-order valence-electron chi connectivity index (χ0n) is 19.3. The van der Waals surface area contributed by atoms with Crippen LogP contribution in [0.15, 0.2) is 18.2 Å². The van der Waals surface area contributed by atoms with Gasteiger partial charge in [0.2, 0.25) is 5.91 Å². The van der Waals surface area contributed by atoms with E-state index in [-0.39, 0.29) is 67.5 Å². The number of methoxy groups -OCH3 is 1. The number of hydrogen-bond donors (Lipinski definition) is 1. The molecule has 1 aromatic heterocycles. The lowest BCUT2D eigenvalue weighted by Gasteiger charge is -2.56. The van der Waals surface area contributed by atoms with E-state index in [0.717, 1.165) is 0 Å². The van der Waals surface area contributed by atoms with Crippen LogP contribution in [0.1, 0.15) is 54.6 Å². The molecule has 2 bridgehead atoms. The largest absolute Gasteiger partial charge is 0.378 e. The van der Waals surface area contributed by atoms with Crippen LogP contribution < -0.4 is 5.73 Å². The highest BCUT2D eigenvalue weighted by Crippen LogP contribution is 2.62. The molecule has 6 rings (SSSR count). The van der Waals surface area contributed by atoms with Crippen LogP contribution in [0.25, 0.3) is 11.3 Å². The molecule has 3 saturated carbocycles. The number of halogens is 4. The lowest BCUT2D eigenvalue weighted by Crippen LogP contribution is -2.60. The first-order valence-corrected chi connectivity index (χ1v) is 11.9. The number of carbonyl (C=O) groups is 2. The van der Waals surface area contributed by atoms with Gasteiger partial charge in [-0.1, -0.05) is 11.6 Å². The van der Waals surface area contributed by atoms with E-state index in [0.29, 0.717) is 24.1 Å².